The summed E-state index contributed by atoms with van der Waals surface area (Å²) in [7, 11) is 1.65. The van der Waals surface area contributed by atoms with E-state index in [0.29, 0.717) is 17.3 Å². The van der Waals surface area contributed by atoms with Crippen molar-refractivity contribution in [2.75, 3.05) is 18.2 Å². The molecular formula is C15H15N3O2. The second kappa shape index (κ2) is 4.77. The van der Waals surface area contributed by atoms with Crippen LogP contribution in [0.25, 0.3) is 11.1 Å². The van der Waals surface area contributed by atoms with Gasteiger partial charge in [-0.2, -0.15) is 4.98 Å². The van der Waals surface area contributed by atoms with Gasteiger partial charge in [-0.15, -0.1) is 0 Å². The normalized spacial score (nSPS) is 10.7. The van der Waals surface area contributed by atoms with E-state index in [1.54, 1.807) is 19.2 Å². The molecule has 0 aliphatic carbocycles. The molecule has 0 saturated heterocycles. The van der Waals surface area contributed by atoms with E-state index in [2.05, 4.69) is 10.3 Å². The van der Waals surface area contributed by atoms with E-state index in [1.165, 1.54) is 0 Å². The maximum Gasteiger partial charge on any atom is 0.300 e. The van der Waals surface area contributed by atoms with Crippen LogP contribution in [0.2, 0.25) is 0 Å². The van der Waals surface area contributed by atoms with Gasteiger partial charge in [-0.1, -0.05) is 0 Å². The molecule has 20 heavy (non-hydrogen) atoms. The summed E-state index contributed by atoms with van der Waals surface area (Å²) in [6, 6.07) is 11.6. The fourth-order valence-corrected chi connectivity index (χ4v) is 2.08. The Kier molecular flexibility index (Phi) is 2.95. The number of rotatable bonds is 3. The monoisotopic (exact) mass is 269 g/mol. The molecule has 0 spiro atoms. The molecule has 0 aliphatic heterocycles. The third kappa shape index (κ3) is 2.25. The predicted octanol–water partition coefficient (Wildman–Crippen LogP) is 3.47. The lowest BCUT2D eigenvalue weighted by Gasteiger charge is -2.07. The number of oxazole rings is 1. The van der Waals surface area contributed by atoms with E-state index >= 15 is 0 Å². The molecule has 3 aromatic rings. The van der Waals surface area contributed by atoms with Gasteiger partial charge >= 0.3 is 0 Å². The number of aromatic nitrogens is 1. The first-order chi connectivity index (χ1) is 9.65. The van der Waals surface area contributed by atoms with Crippen molar-refractivity contribution in [2.24, 2.45) is 0 Å². The number of nitrogens with two attached hydrogens (primary N) is 1. The zero-order valence-electron chi connectivity index (χ0n) is 11.3. The minimum absolute atomic E-state index is 0.440. The van der Waals surface area contributed by atoms with Crippen LogP contribution < -0.4 is 15.8 Å². The topological polar surface area (TPSA) is 73.3 Å². The van der Waals surface area contributed by atoms with Crippen LogP contribution in [0.15, 0.2) is 40.8 Å². The molecule has 0 aliphatic rings. The molecule has 0 amide bonds. The number of fused-ring (bicyclic) bond motifs is 1. The number of nitrogens with one attached hydrogen (secondary N) is 1. The van der Waals surface area contributed by atoms with Gasteiger partial charge in [-0.05, 0) is 48.9 Å². The van der Waals surface area contributed by atoms with Gasteiger partial charge in [0.2, 0.25) is 0 Å². The summed E-state index contributed by atoms with van der Waals surface area (Å²) in [4.78, 5) is 4.35. The van der Waals surface area contributed by atoms with E-state index in [-0.39, 0.29) is 0 Å². The number of nitrogens with zero attached hydrogens (tertiary/aromatic N) is 1. The summed E-state index contributed by atoms with van der Waals surface area (Å²) in [5.41, 5.74) is 9.75. The summed E-state index contributed by atoms with van der Waals surface area (Å²) in [5, 5.41) is 3.13. The van der Waals surface area contributed by atoms with Crippen LogP contribution in [0, 0.1) is 6.92 Å². The number of hydrogen-bond donors (Lipinski definition) is 2. The highest BCUT2D eigenvalue weighted by Gasteiger charge is 2.07. The van der Waals surface area contributed by atoms with Crippen LogP contribution in [0.1, 0.15) is 5.56 Å². The first-order valence-corrected chi connectivity index (χ1v) is 6.23. The first kappa shape index (κ1) is 12.3. The smallest absolute Gasteiger partial charge is 0.300 e. The van der Waals surface area contributed by atoms with Gasteiger partial charge in [0.25, 0.3) is 6.01 Å². The minimum atomic E-state index is 0.440. The highest BCUT2D eigenvalue weighted by Crippen LogP contribution is 2.26. The zero-order chi connectivity index (χ0) is 14.1. The average Bonchev–Trinajstić information content (AvgIpc) is 2.80. The number of benzene rings is 2. The van der Waals surface area contributed by atoms with Gasteiger partial charge in [-0.3, -0.25) is 0 Å². The quantitative estimate of drug-likeness (QED) is 0.712. The average molecular weight is 269 g/mol. The Labute approximate surface area is 116 Å². The van der Waals surface area contributed by atoms with E-state index < -0.39 is 0 Å². The SMILES string of the molecule is COc1ccc(Nc2nc3cc(N)ccc3o2)cc1C. The van der Waals surface area contributed by atoms with Crippen molar-refractivity contribution in [1.82, 2.24) is 4.98 Å². The molecule has 3 rings (SSSR count). The third-order valence-electron chi connectivity index (χ3n) is 3.06. The molecular weight excluding hydrogens is 254 g/mol. The standard InChI is InChI=1S/C15H15N3O2/c1-9-7-11(4-6-13(9)19-2)17-15-18-12-8-10(16)3-5-14(12)20-15/h3-8H,16H2,1-2H3,(H,17,18). The van der Waals surface area contributed by atoms with Gasteiger partial charge in [0.05, 0.1) is 7.11 Å². The van der Waals surface area contributed by atoms with Crippen molar-refractivity contribution in [2.45, 2.75) is 6.92 Å². The summed E-state index contributed by atoms with van der Waals surface area (Å²) in [5.74, 6) is 0.848. The Hall–Kier alpha value is -2.69. The van der Waals surface area contributed by atoms with Gasteiger partial charge in [0, 0.05) is 11.4 Å². The van der Waals surface area contributed by atoms with Gasteiger partial charge in [0.15, 0.2) is 5.58 Å². The molecule has 0 atom stereocenters. The van der Waals surface area contributed by atoms with Crippen LogP contribution in [0.3, 0.4) is 0 Å². The number of nitrogen functional groups attached to an aromatic ring is 1. The maximum atomic E-state index is 5.72. The van der Waals surface area contributed by atoms with Gasteiger partial charge in [-0.25, -0.2) is 0 Å². The highest BCUT2D eigenvalue weighted by atomic mass is 16.5. The van der Waals surface area contributed by atoms with Crippen LogP contribution in [-0.4, -0.2) is 12.1 Å². The molecule has 0 bridgehead atoms. The Balaban J connectivity index is 1.90. The summed E-state index contributed by atoms with van der Waals surface area (Å²) in [6.07, 6.45) is 0. The second-order valence-electron chi connectivity index (χ2n) is 4.56. The molecule has 5 nitrogen and oxygen atoms in total. The summed E-state index contributed by atoms with van der Waals surface area (Å²) in [6.45, 7) is 1.98. The number of ether oxygens (including phenoxy) is 1. The van der Waals surface area contributed by atoms with Crippen LogP contribution in [0.4, 0.5) is 17.4 Å². The fraction of sp³-hybridized carbons (Fsp3) is 0.133. The number of aryl methyl sites for hydroxylation is 1. The molecule has 0 radical (unpaired) electrons. The van der Waals surface area contributed by atoms with Crippen molar-refractivity contribution < 1.29 is 9.15 Å². The molecule has 1 aromatic heterocycles. The fourth-order valence-electron chi connectivity index (χ4n) is 2.08. The molecule has 1 heterocycles. The minimum Gasteiger partial charge on any atom is -0.496 e. The van der Waals surface area contributed by atoms with Crippen molar-refractivity contribution in [1.29, 1.82) is 0 Å². The highest BCUT2D eigenvalue weighted by molar-refractivity contribution is 5.78. The molecule has 102 valence electrons. The van der Waals surface area contributed by atoms with Crippen molar-refractivity contribution >= 4 is 28.5 Å². The molecule has 0 unspecified atom stereocenters. The Morgan fingerprint density at radius 2 is 2.05 bits per heavy atom. The molecule has 0 saturated carbocycles. The molecule has 2 aromatic carbocycles. The van der Waals surface area contributed by atoms with Gasteiger partial charge < -0.3 is 20.2 Å². The Bertz CT molecular complexity index is 765. The number of hydrogen-bond acceptors (Lipinski definition) is 5. The Morgan fingerprint density at radius 1 is 1.20 bits per heavy atom. The van der Waals surface area contributed by atoms with E-state index in [0.717, 1.165) is 22.5 Å². The van der Waals surface area contributed by atoms with Crippen molar-refractivity contribution in [3.63, 3.8) is 0 Å². The first-order valence-electron chi connectivity index (χ1n) is 6.23. The predicted molar refractivity (Wildman–Crippen MR) is 79.4 cm³/mol. The number of methoxy groups -OCH3 is 1. The van der Waals surface area contributed by atoms with E-state index in [4.69, 9.17) is 14.9 Å². The number of anilines is 3. The van der Waals surface area contributed by atoms with E-state index in [1.807, 2.05) is 31.2 Å². The van der Waals surface area contributed by atoms with Crippen LogP contribution in [-0.2, 0) is 0 Å². The third-order valence-corrected chi connectivity index (χ3v) is 3.06. The second-order valence-corrected chi connectivity index (χ2v) is 4.56. The summed E-state index contributed by atoms with van der Waals surface area (Å²) >= 11 is 0. The molecule has 0 fully saturated rings. The largest absolute Gasteiger partial charge is 0.496 e. The molecule has 3 N–H and O–H groups in total. The lowest BCUT2D eigenvalue weighted by molar-refractivity contribution is 0.412. The maximum absolute atomic E-state index is 5.72. The zero-order valence-corrected chi connectivity index (χ0v) is 11.3. The lowest BCUT2D eigenvalue weighted by atomic mass is 10.2. The summed E-state index contributed by atoms with van der Waals surface area (Å²) < 4.78 is 10.8. The Morgan fingerprint density at radius 3 is 2.80 bits per heavy atom. The van der Waals surface area contributed by atoms with Crippen molar-refractivity contribution in [3.05, 3.63) is 42.0 Å². The van der Waals surface area contributed by atoms with Gasteiger partial charge in [0.1, 0.15) is 11.3 Å². The lowest BCUT2D eigenvalue weighted by Crippen LogP contribution is -1.92. The molecule has 5 heteroatoms. The van der Waals surface area contributed by atoms with Crippen LogP contribution >= 0.6 is 0 Å². The van der Waals surface area contributed by atoms with Crippen LogP contribution in [0.5, 0.6) is 5.75 Å². The van der Waals surface area contributed by atoms with E-state index in [9.17, 15) is 0 Å². The van der Waals surface area contributed by atoms with Crippen molar-refractivity contribution in [3.8, 4) is 5.75 Å².